The van der Waals surface area contributed by atoms with Gasteiger partial charge in [0.1, 0.15) is 0 Å². The van der Waals surface area contributed by atoms with Crippen LogP contribution in [0.2, 0.25) is 0 Å². The van der Waals surface area contributed by atoms with Crippen molar-refractivity contribution < 1.29 is 0 Å². The number of hydrogen-bond acceptors (Lipinski definition) is 0. The SMILES string of the molecule is C=Cc1ccc(CCC(C)CC)cc1. The topological polar surface area (TPSA) is 0 Å². The van der Waals surface area contributed by atoms with E-state index >= 15 is 0 Å². The largest absolute Gasteiger partial charge is 0.0985 e. The van der Waals surface area contributed by atoms with Crippen LogP contribution in [0.3, 0.4) is 0 Å². The smallest absolute Gasteiger partial charge is 0.0262 e. The number of rotatable bonds is 5. The Bertz CT molecular complexity index is 269. The second-order valence-electron chi connectivity index (χ2n) is 4.00. The summed E-state index contributed by atoms with van der Waals surface area (Å²) in [6.45, 7) is 8.32. The molecule has 1 aromatic rings. The molecule has 14 heavy (non-hydrogen) atoms. The van der Waals surface area contributed by atoms with E-state index < -0.39 is 0 Å². The highest BCUT2D eigenvalue weighted by molar-refractivity contribution is 5.47. The maximum atomic E-state index is 3.75. The van der Waals surface area contributed by atoms with Crippen molar-refractivity contribution in [1.29, 1.82) is 0 Å². The van der Waals surface area contributed by atoms with Gasteiger partial charge in [-0.15, -0.1) is 0 Å². The average molecular weight is 188 g/mol. The second kappa shape index (κ2) is 5.64. The molecule has 0 heteroatoms. The standard InChI is InChI=1S/C14H20/c1-4-12(3)6-7-14-10-8-13(5-2)9-11-14/h5,8-12H,2,4,6-7H2,1,3H3. The summed E-state index contributed by atoms with van der Waals surface area (Å²) >= 11 is 0. The van der Waals surface area contributed by atoms with Crippen LogP contribution in [0.4, 0.5) is 0 Å². The third kappa shape index (κ3) is 3.37. The van der Waals surface area contributed by atoms with Gasteiger partial charge in [0.25, 0.3) is 0 Å². The van der Waals surface area contributed by atoms with Crippen molar-refractivity contribution in [3.63, 3.8) is 0 Å². The monoisotopic (exact) mass is 188 g/mol. The zero-order chi connectivity index (χ0) is 10.4. The van der Waals surface area contributed by atoms with Gasteiger partial charge in [-0.05, 0) is 29.9 Å². The zero-order valence-corrected chi connectivity index (χ0v) is 9.29. The van der Waals surface area contributed by atoms with Gasteiger partial charge in [-0.2, -0.15) is 0 Å². The molecule has 0 bridgehead atoms. The molecule has 1 atom stereocenters. The van der Waals surface area contributed by atoms with Crippen LogP contribution in [0.25, 0.3) is 6.08 Å². The quantitative estimate of drug-likeness (QED) is 0.646. The molecule has 0 aliphatic carbocycles. The average Bonchev–Trinajstić information content (AvgIpc) is 2.26. The van der Waals surface area contributed by atoms with Gasteiger partial charge in [0.2, 0.25) is 0 Å². The molecule has 0 saturated heterocycles. The number of benzene rings is 1. The molecule has 0 amide bonds. The molecule has 0 saturated carbocycles. The highest BCUT2D eigenvalue weighted by atomic mass is 14.0. The summed E-state index contributed by atoms with van der Waals surface area (Å²) in [5.74, 6) is 0.842. The first kappa shape index (κ1) is 11.0. The van der Waals surface area contributed by atoms with Crippen LogP contribution >= 0.6 is 0 Å². The molecule has 1 unspecified atom stereocenters. The Hall–Kier alpha value is -1.04. The van der Waals surface area contributed by atoms with Gasteiger partial charge in [0.15, 0.2) is 0 Å². The molecule has 0 spiro atoms. The molecule has 0 aromatic heterocycles. The van der Waals surface area contributed by atoms with Crippen LogP contribution < -0.4 is 0 Å². The van der Waals surface area contributed by atoms with E-state index in [0.717, 1.165) is 5.92 Å². The molecule has 0 heterocycles. The van der Waals surface area contributed by atoms with Crippen molar-refractivity contribution in [3.8, 4) is 0 Å². The van der Waals surface area contributed by atoms with E-state index in [1.807, 2.05) is 6.08 Å². The highest BCUT2D eigenvalue weighted by Crippen LogP contribution is 2.13. The van der Waals surface area contributed by atoms with E-state index in [2.05, 4.69) is 44.7 Å². The fraction of sp³-hybridized carbons (Fsp3) is 0.429. The summed E-state index contributed by atoms with van der Waals surface area (Å²) in [4.78, 5) is 0. The molecular weight excluding hydrogens is 168 g/mol. The van der Waals surface area contributed by atoms with Gasteiger partial charge >= 0.3 is 0 Å². The molecule has 0 nitrogen and oxygen atoms in total. The van der Waals surface area contributed by atoms with Gasteiger partial charge < -0.3 is 0 Å². The summed E-state index contributed by atoms with van der Waals surface area (Å²) in [5, 5.41) is 0. The lowest BCUT2D eigenvalue weighted by atomic mass is 9.98. The van der Waals surface area contributed by atoms with Crippen LogP contribution in [0.5, 0.6) is 0 Å². The van der Waals surface area contributed by atoms with E-state index in [9.17, 15) is 0 Å². The van der Waals surface area contributed by atoms with Crippen LogP contribution in [0, 0.1) is 5.92 Å². The van der Waals surface area contributed by atoms with Crippen molar-refractivity contribution in [3.05, 3.63) is 42.0 Å². The Morgan fingerprint density at radius 1 is 1.29 bits per heavy atom. The summed E-state index contributed by atoms with van der Waals surface area (Å²) < 4.78 is 0. The number of hydrogen-bond donors (Lipinski definition) is 0. The van der Waals surface area contributed by atoms with E-state index in [4.69, 9.17) is 0 Å². The maximum absolute atomic E-state index is 3.75. The van der Waals surface area contributed by atoms with Crippen molar-refractivity contribution in [1.82, 2.24) is 0 Å². The second-order valence-corrected chi connectivity index (χ2v) is 4.00. The van der Waals surface area contributed by atoms with E-state index in [-0.39, 0.29) is 0 Å². The third-order valence-corrected chi connectivity index (χ3v) is 2.84. The summed E-state index contributed by atoms with van der Waals surface area (Å²) in [6.07, 6.45) is 5.67. The lowest BCUT2D eigenvalue weighted by Gasteiger charge is -2.07. The van der Waals surface area contributed by atoms with Crippen LogP contribution in [-0.4, -0.2) is 0 Å². The molecule has 1 rings (SSSR count). The van der Waals surface area contributed by atoms with Crippen molar-refractivity contribution in [2.75, 3.05) is 0 Å². The fourth-order valence-electron chi connectivity index (χ4n) is 1.44. The summed E-state index contributed by atoms with van der Waals surface area (Å²) in [5.41, 5.74) is 2.65. The third-order valence-electron chi connectivity index (χ3n) is 2.84. The lowest BCUT2D eigenvalue weighted by Crippen LogP contribution is -1.95. The van der Waals surface area contributed by atoms with Gasteiger partial charge in [0, 0.05) is 0 Å². The first-order valence-corrected chi connectivity index (χ1v) is 5.47. The number of aryl methyl sites for hydroxylation is 1. The molecular formula is C14H20. The van der Waals surface area contributed by atoms with Gasteiger partial charge in [0.05, 0.1) is 0 Å². The normalized spacial score (nSPS) is 12.4. The van der Waals surface area contributed by atoms with Crippen molar-refractivity contribution >= 4 is 6.08 Å². The Kier molecular flexibility index (Phi) is 4.45. The first-order valence-electron chi connectivity index (χ1n) is 5.47. The Labute approximate surface area is 87.7 Å². The van der Waals surface area contributed by atoms with Crippen molar-refractivity contribution in [2.45, 2.75) is 33.1 Å². The Balaban J connectivity index is 2.47. The molecule has 0 aliphatic rings. The predicted molar refractivity (Wildman–Crippen MR) is 64.3 cm³/mol. The van der Waals surface area contributed by atoms with Gasteiger partial charge in [-0.3, -0.25) is 0 Å². The molecule has 0 fully saturated rings. The highest BCUT2D eigenvalue weighted by Gasteiger charge is 1.99. The minimum Gasteiger partial charge on any atom is -0.0985 e. The van der Waals surface area contributed by atoms with Crippen LogP contribution in [0.1, 0.15) is 37.8 Å². The maximum Gasteiger partial charge on any atom is -0.0262 e. The Morgan fingerprint density at radius 3 is 2.43 bits per heavy atom. The fourth-order valence-corrected chi connectivity index (χ4v) is 1.44. The summed E-state index contributed by atoms with van der Waals surface area (Å²) in [7, 11) is 0. The molecule has 0 radical (unpaired) electrons. The molecule has 0 aliphatic heterocycles. The van der Waals surface area contributed by atoms with E-state index in [1.165, 1.54) is 30.4 Å². The van der Waals surface area contributed by atoms with Crippen LogP contribution in [0.15, 0.2) is 30.8 Å². The predicted octanol–water partition coefficient (Wildman–Crippen LogP) is 4.31. The van der Waals surface area contributed by atoms with Crippen molar-refractivity contribution in [2.24, 2.45) is 5.92 Å². The van der Waals surface area contributed by atoms with Gasteiger partial charge in [-0.25, -0.2) is 0 Å². The zero-order valence-electron chi connectivity index (χ0n) is 9.29. The molecule has 1 aromatic carbocycles. The Morgan fingerprint density at radius 2 is 1.93 bits per heavy atom. The molecule has 76 valence electrons. The van der Waals surface area contributed by atoms with E-state index in [1.54, 1.807) is 0 Å². The van der Waals surface area contributed by atoms with E-state index in [0.29, 0.717) is 0 Å². The summed E-state index contributed by atoms with van der Waals surface area (Å²) in [6, 6.07) is 8.69. The van der Waals surface area contributed by atoms with Crippen LogP contribution in [-0.2, 0) is 6.42 Å². The lowest BCUT2D eigenvalue weighted by molar-refractivity contribution is 0.516. The first-order chi connectivity index (χ1) is 6.76. The molecule has 0 N–H and O–H groups in total. The minimum absolute atomic E-state index is 0.842. The van der Waals surface area contributed by atoms with Gasteiger partial charge in [-0.1, -0.05) is 57.2 Å². The minimum atomic E-state index is 0.842.